The van der Waals surface area contributed by atoms with E-state index < -0.39 is 0 Å². The largest absolute Gasteiger partial charge is 0.351 e. The maximum atomic E-state index is 6.01. The van der Waals surface area contributed by atoms with E-state index in [1.165, 1.54) is 4.70 Å². The Balaban J connectivity index is 1.74. The first-order chi connectivity index (χ1) is 8.22. The summed E-state index contributed by atoms with van der Waals surface area (Å²) in [6, 6.07) is 8.30. The molecular weight excluding hydrogens is 252 g/mol. The molecule has 1 aliphatic rings. The van der Waals surface area contributed by atoms with E-state index in [9.17, 15) is 0 Å². The first-order valence-electron chi connectivity index (χ1n) is 5.93. The second-order valence-corrected chi connectivity index (χ2v) is 6.41. The molecule has 0 atom stereocenters. The van der Waals surface area contributed by atoms with Gasteiger partial charge >= 0.3 is 0 Å². The van der Waals surface area contributed by atoms with Crippen molar-refractivity contribution in [2.24, 2.45) is 5.92 Å². The Bertz CT molecular complexity index is 486. The van der Waals surface area contributed by atoms with Crippen LogP contribution in [0.5, 0.6) is 0 Å². The number of anilines is 1. The number of nitrogens with zero attached hydrogens (tertiary/aromatic N) is 2. The normalized spacial score (nSPS) is 23.6. The third-order valence-corrected chi connectivity index (χ3v) is 4.83. The number of hydrogen-bond acceptors (Lipinski definition) is 3. The molecule has 2 nitrogen and oxygen atoms in total. The van der Waals surface area contributed by atoms with Gasteiger partial charge < -0.3 is 4.90 Å². The molecule has 4 heteroatoms. The van der Waals surface area contributed by atoms with E-state index in [0.29, 0.717) is 5.38 Å². The third-order valence-electron chi connectivity index (χ3n) is 3.32. The lowest BCUT2D eigenvalue weighted by molar-refractivity contribution is 0.329. The topological polar surface area (TPSA) is 16.1 Å². The molecule has 0 saturated heterocycles. The van der Waals surface area contributed by atoms with E-state index in [0.717, 1.165) is 36.0 Å². The molecule has 1 fully saturated rings. The summed E-state index contributed by atoms with van der Waals surface area (Å²) in [4.78, 5) is 6.92. The van der Waals surface area contributed by atoms with Crippen LogP contribution in [0.25, 0.3) is 10.2 Å². The van der Waals surface area contributed by atoms with E-state index in [2.05, 4.69) is 35.1 Å². The number of halogens is 1. The van der Waals surface area contributed by atoms with Crippen molar-refractivity contribution in [2.45, 2.75) is 18.2 Å². The van der Waals surface area contributed by atoms with Crippen LogP contribution in [-0.2, 0) is 0 Å². The average Bonchev–Trinajstić information content (AvgIpc) is 2.70. The van der Waals surface area contributed by atoms with Gasteiger partial charge in [-0.1, -0.05) is 23.5 Å². The SMILES string of the molecule is CN(CC1CC(Cl)C1)c1nc2ccccc2s1. The Morgan fingerprint density at radius 2 is 2.18 bits per heavy atom. The number of aromatic nitrogens is 1. The average molecular weight is 267 g/mol. The van der Waals surface area contributed by atoms with Gasteiger partial charge in [0.25, 0.3) is 0 Å². The molecule has 1 aliphatic carbocycles. The number of thiazole rings is 1. The molecule has 0 aliphatic heterocycles. The van der Waals surface area contributed by atoms with Crippen LogP contribution in [0, 0.1) is 5.92 Å². The monoisotopic (exact) mass is 266 g/mol. The number of alkyl halides is 1. The van der Waals surface area contributed by atoms with Gasteiger partial charge in [-0.05, 0) is 30.9 Å². The lowest BCUT2D eigenvalue weighted by Crippen LogP contribution is -2.34. The van der Waals surface area contributed by atoms with E-state index in [-0.39, 0.29) is 0 Å². The molecule has 0 bridgehead atoms. The molecule has 2 aromatic rings. The van der Waals surface area contributed by atoms with Crippen molar-refractivity contribution >= 4 is 38.3 Å². The summed E-state index contributed by atoms with van der Waals surface area (Å²) in [5.41, 5.74) is 1.10. The summed E-state index contributed by atoms with van der Waals surface area (Å²) >= 11 is 7.77. The summed E-state index contributed by atoms with van der Waals surface area (Å²) in [7, 11) is 2.12. The molecule has 1 aromatic carbocycles. The highest BCUT2D eigenvalue weighted by molar-refractivity contribution is 7.22. The van der Waals surface area contributed by atoms with Crippen LogP contribution >= 0.6 is 22.9 Å². The summed E-state index contributed by atoms with van der Waals surface area (Å²) in [6.45, 7) is 1.07. The summed E-state index contributed by atoms with van der Waals surface area (Å²) in [6.07, 6.45) is 2.30. The molecule has 1 saturated carbocycles. The minimum atomic E-state index is 0.406. The smallest absolute Gasteiger partial charge is 0.186 e. The number of para-hydroxylation sites is 1. The molecule has 0 spiro atoms. The third kappa shape index (κ3) is 2.26. The van der Waals surface area contributed by atoms with Crippen LogP contribution in [-0.4, -0.2) is 24.0 Å². The molecule has 0 radical (unpaired) electrons. The van der Waals surface area contributed by atoms with Crippen LogP contribution in [0.15, 0.2) is 24.3 Å². The Morgan fingerprint density at radius 1 is 1.41 bits per heavy atom. The summed E-state index contributed by atoms with van der Waals surface area (Å²) < 4.78 is 1.26. The fraction of sp³-hybridized carbons (Fsp3) is 0.462. The summed E-state index contributed by atoms with van der Waals surface area (Å²) in [5.74, 6) is 0.745. The van der Waals surface area contributed by atoms with Crippen molar-refractivity contribution in [1.29, 1.82) is 0 Å². The van der Waals surface area contributed by atoms with Crippen LogP contribution < -0.4 is 4.90 Å². The molecule has 3 rings (SSSR count). The molecule has 90 valence electrons. The Labute approximate surface area is 110 Å². The maximum Gasteiger partial charge on any atom is 0.186 e. The Morgan fingerprint density at radius 3 is 2.88 bits per heavy atom. The second kappa shape index (κ2) is 4.46. The van der Waals surface area contributed by atoms with Crippen LogP contribution in [0.2, 0.25) is 0 Å². The van der Waals surface area contributed by atoms with Crippen molar-refractivity contribution in [3.8, 4) is 0 Å². The van der Waals surface area contributed by atoms with E-state index >= 15 is 0 Å². The minimum Gasteiger partial charge on any atom is -0.351 e. The molecule has 1 heterocycles. The lowest BCUT2D eigenvalue weighted by atomic mass is 9.84. The van der Waals surface area contributed by atoms with Gasteiger partial charge in [0.15, 0.2) is 5.13 Å². The van der Waals surface area contributed by atoms with Crippen molar-refractivity contribution in [2.75, 3.05) is 18.5 Å². The fourth-order valence-electron chi connectivity index (χ4n) is 2.29. The first-order valence-corrected chi connectivity index (χ1v) is 7.18. The van der Waals surface area contributed by atoms with Crippen LogP contribution in [0.1, 0.15) is 12.8 Å². The second-order valence-electron chi connectivity index (χ2n) is 4.78. The highest BCUT2D eigenvalue weighted by atomic mass is 35.5. The number of hydrogen-bond donors (Lipinski definition) is 0. The molecular formula is C13H15ClN2S. The number of benzene rings is 1. The Kier molecular flexibility index (Phi) is 2.97. The van der Waals surface area contributed by atoms with Crippen LogP contribution in [0.3, 0.4) is 0 Å². The van der Waals surface area contributed by atoms with Crippen LogP contribution in [0.4, 0.5) is 5.13 Å². The number of fused-ring (bicyclic) bond motifs is 1. The summed E-state index contributed by atoms with van der Waals surface area (Å²) in [5, 5.41) is 1.52. The predicted octanol–water partition coefficient (Wildman–Crippen LogP) is 3.75. The zero-order chi connectivity index (χ0) is 11.8. The molecule has 17 heavy (non-hydrogen) atoms. The van der Waals surface area contributed by atoms with Crippen molar-refractivity contribution in [1.82, 2.24) is 4.98 Å². The Hall–Kier alpha value is -0.800. The van der Waals surface area contributed by atoms with E-state index in [1.54, 1.807) is 11.3 Å². The van der Waals surface area contributed by atoms with Gasteiger partial charge in [-0.25, -0.2) is 4.98 Å². The zero-order valence-corrected chi connectivity index (χ0v) is 11.3. The zero-order valence-electron chi connectivity index (χ0n) is 9.77. The maximum absolute atomic E-state index is 6.01. The minimum absolute atomic E-state index is 0.406. The quantitative estimate of drug-likeness (QED) is 0.787. The molecule has 1 aromatic heterocycles. The van der Waals surface area contributed by atoms with Gasteiger partial charge in [0, 0.05) is 19.0 Å². The first kappa shape index (κ1) is 11.3. The van der Waals surface area contributed by atoms with Gasteiger partial charge in [0.1, 0.15) is 0 Å². The van der Waals surface area contributed by atoms with E-state index in [4.69, 9.17) is 11.6 Å². The van der Waals surface area contributed by atoms with Crippen molar-refractivity contribution < 1.29 is 0 Å². The number of rotatable bonds is 3. The molecule has 0 N–H and O–H groups in total. The van der Waals surface area contributed by atoms with Crippen molar-refractivity contribution in [3.63, 3.8) is 0 Å². The lowest BCUT2D eigenvalue weighted by Gasteiger charge is -2.33. The standard InChI is InChI=1S/C13H15ClN2S/c1-16(8-9-6-10(14)7-9)13-15-11-4-2-3-5-12(11)17-13/h2-5,9-10H,6-8H2,1H3. The molecule has 0 unspecified atom stereocenters. The van der Waals surface area contributed by atoms with Crippen molar-refractivity contribution in [3.05, 3.63) is 24.3 Å². The van der Waals surface area contributed by atoms with Gasteiger partial charge in [-0.3, -0.25) is 0 Å². The van der Waals surface area contributed by atoms with E-state index in [1.807, 2.05) is 6.07 Å². The molecule has 0 amide bonds. The van der Waals surface area contributed by atoms with Gasteiger partial charge in [-0.15, -0.1) is 11.6 Å². The highest BCUT2D eigenvalue weighted by Gasteiger charge is 2.28. The fourth-order valence-corrected chi connectivity index (χ4v) is 3.73. The van der Waals surface area contributed by atoms with Gasteiger partial charge in [0.05, 0.1) is 10.2 Å². The predicted molar refractivity (Wildman–Crippen MR) is 75.3 cm³/mol. The van der Waals surface area contributed by atoms with Gasteiger partial charge in [-0.2, -0.15) is 0 Å². The highest BCUT2D eigenvalue weighted by Crippen LogP contribution is 2.34. The van der Waals surface area contributed by atoms with Gasteiger partial charge in [0.2, 0.25) is 0 Å².